The van der Waals surface area contributed by atoms with Crippen LogP contribution >= 0.6 is 0 Å². The first kappa shape index (κ1) is 16.4. The quantitative estimate of drug-likeness (QED) is 0.658. The molecule has 3 aromatic rings. The van der Waals surface area contributed by atoms with Crippen molar-refractivity contribution in [3.8, 4) is 0 Å². The molecule has 1 unspecified atom stereocenters. The minimum absolute atomic E-state index is 0.120. The van der Waals surface area contributed by atoms with Crippen molar-refractivity contribution in [1.82, 2.24) is 25.6 Å². The predicted octanol–water partition coefficient (Wildman–Crippen LogP) is 2.12. The number of nitrogens with zero attached hydrogens (tertiary/aromatic N) is 3. The molecular formula is C19H20N6O. The molecule has 0 aliphatic carbocycles. The lowest BCUT2D eigenvalue weighted by atomic mass is 10.1. The van der Waals surface area contributed by atoms with E-state index in [9.17, 15) is 4.79 Å². The molecule has 1 fully saturated rings. The van der Waals surface area contributed by atoms with Crippen molar-refractivity contribution in [2.75, 3.05) is 11.9 Å². The highest BCUT2D eigenvalue weighted by atomic mass is 16.1. The predicted molar refractivity (Wildman–Crippen MR) is 98.5 cm³/mol. The molecule has 0 radical (unpaired) electrons. The van der Waals surface area contributed by atoms with Gasteiger partial charge in [0, 0.05) is 23.8 Å². The van der Waals surface area contributed by atoms with Crippen molar-refractivity contribution in [3.05, 3.63) is 77.9 Å². The molecule has 7 heteroatoms. The Morgan fingerprint density at radius 2 is 1.96 bits per heavy atom. The topological polar surface area (TPSA) is 83.9 Å². The van der Waals surface area contributed by atoms with E-state index in [0.717, 1.165) is 24.2 Å². The second kappa shape index (κ2) is 7.47. The van der Waals surface area contributed by atoms with Crippen molar-refractivity contribution in [2.45, 2.75) is 19.0 Å². The number of amides is 1. The minimum atomic E-state index is -0.120. The number of hydrazine groups is 1. The first-order chi connectivity index (χ1) is 12.8. The van der Waals surface area contributed by atoms with E-state index >= 15 is 0 Å². The molecule has 4 rings (SSSR count). The molecule has 0 bridgehead atoms. The van der Waals surface area contributed by atoms with E-state index in [1.54, 1.807) is 11.0 Å². The lowest BCUT2D eigenvalue weighted by Crippen LogP contribution is -2.24. The Hall–Kier alpha value is -3.03. The van der Waals surface area contributed by atoms with Gasteiger partial charge in [0.1, 0.15) is 12.7 Å². The number of carbonyl (C=O) groups excluding carboxylic acids is 1. The van der Waals surface area contributed by atoms with E-state index in [0.29, 0.717) is 18.2 Å². The molecule has 1 aromatic heterocycles. The lowest BCUT2D eigenvalue weighted by molar-refractivity contribution is 0.102. The van der Waals surface area contributed by atoms with E-state index in [1.807, 2.05) is 48.5 Å². The van der Waals surface area contributed by atoms with Crippen LogP contribution in [-0.4, -0.2) is 27.2 Å². The Balaban J connectivity index is 1.38. The average molecular weight is 348 g/mol. The summed E-state index contributed by atoms with van der Waals surface area (Å²) in [6.07, 6.45) is 4.24. The van der Waals surface area contributed by atoms with Gasteiger partial charge in [-0.3, -0.25) is 15.6 Å². The van der Waals surface area contributed by atoms with Gasteiger partial charge in [-0.2, -0.15) is 5.10 Å². The standard InChI is InChI=1S/C19H20N6O/c26-19(16-3-1-14(2-4-16)11-25-13-20-12-22-25)23-17-7-5-15(6-8-17)18-9-10-21-24-18/h1-8,12-13,18,21,24H,9-11H2,(H,23,26). The largest absolute Gasteiger partial charge is 0.322 e. The third-order valence-electron chi connectivity index (χ3n) is 4.43. The first-order valence-electron chi connectivity index (χ1n) is 8.59. The average Bonchev–Trinajstić information content (AvgIpc) is 3.37. The number of benzene rings is 2. The summed E-state index contributed by atoms with van der Waals surface area (Å²) in [5.41, 5.74) is 10.0. The second-order valence-electron chi connectivity index (χ2n) is 6.28. The number of hydrogen-bond acceptors (Lipinski definition) is 5. The summed E-state index contributed by atoms with van der Waals surface area (Å²) in [6.45, 7) is 1.60. The van der Waals surface area contributed by atoms with Gasteiger partial charge in [0.2, 0.25) is 0 Å². The van der Waals surface area contributed by atoms with Crippen LogP contribution < -0.4 is 16.2 Å². The minimum Gasteiger partial charge on any atom is -0.322 e. The molecule has 1 amide bonds. The Labute approximate surface area is 151 Å². The first-order valence-corrected chi connectivity index (χ1v) is 8.59. The number of hydrogen-bond donors (Lipinski definition) is 3. The lowest BCUT2D eigenvalue weighted by Gasteiger charge is -2.11. The smallest absolute Gasteiger partial charge is 0.255 e. The fraction of sp³-hybridized carbons (Fsp3) is 0.211. The van der Waals surface area contributed by atoms with Crippen LogP contribution in [0.3, 0.4) is 0 Å². The molecule has 1 aliphatic rings. The van der Waals surface area contributed by atoms with Gasteiger partial charge in [0.15, 0.2) is 0 Å². The van der Waals surface area contributed by atoms with E-state index < -0.39 is 0 Å². The normalized spacial score (nSPS) is 16.5. The highest BCUT2D eigenvalue weighted by molar-refractivity contribution is 6.04. The maximum atomic E-state index is 12.4. The van der Waals surface area contributed by atoms with Crippen LogP contribution in [0.4, 0.5) is 5.69 Å². The van der Waals surface area contributed by atoms with Crippen molar-refractivity contribution in [2.24, 2.45) is 0 Å². The Kier molecular flexibility index (Phi) is 4.72. The van der Waals surface area contributed by atoms with Crippen LogP contribution in [0.15, 0.2) is 61.2 Å². The zero-order chi connectivity index (χ0) is 17.8. The summed E-state index contributed by atoms with van der Waals surface area (Å²) < 4.78 is 1.74. The van der Waals surface area contributed by atoms with Crippen LogP contribution in [0.1, 0.15) is 33.9 Å². The van der Waals surface area contributed by atoms with Crippen molar-refractivity contribution < 1.29 is 4.79 Å². The van der Waals surface area contributed by atoms with Crippen LogP contribution in [0.2, 0.25) is 0 Å². The molecule has 132 valence electrons. The molecule has 0 saturated carbocycles. The Bertz CT molecular complexity index is 852. The van der Waals surface area contributed by atoms with Crippen molar-refractivity contribution >= 4 is 11.6 Å². The molecule has 1 atom stereocenters. The van der Waals surface area contributed by atoms with Crippen molar-refractivity contribution in [3.63, 3.8) is 0 Å². The number of aromatic nitrogens is 3. The van der Waals surface area contributed by atoms with Gasteiger partial charge in [0.25, 0.3) is 5.91 Å². The van der Waals surface area contributed by atoms with Crippen LogP contribution in [0, 0.1) is 0 Å². The highest BCUT2D eigenvalue weighted by Gasteiger charge is 2.15. The van der Waals surface area contributed by atoms with Gasteiger partial charge < -0.3 is 5.32 Å². The third kappa shape index (κ3) is 3.79. The summed E-state index contributed by atoms with van der Waals surface area (Å²) in [7, 11) is 0. The zero-order valence-corrected chi connectivity index (χ0v) is 14.2. The monoisotopic (exact) mass is 348 g/mol. The molecule has 0 spiro atoms. The Morgan fingerprint density at radius 3 is 2.62 bits per heavy atom. The highest BCUT2D eigenvalue weighted by Crippen LogP contribution is 2.21. The van der Waals surface area contributed by atoms with E-state index in [1.165, 1.54) is 11.9 Å². The number of rotatable bonds is 5. The zero-order valence-electron chi connectivity index (χ0n) is 14.2. The van der Waals surface area contributed by atoms with Gasteiger partial charge in [-0.15, -0.1) is 0 Å². The van der Waals surface area contributed by atoms with Gasteiger partial charge in [-0.25, -0.2) is 9.67 Å². The molecule has 3 N–H and O–H groups in total. The van der Waals surface area contributed by atoms with E-state index in [4.69, 9.17) is 0 Å². The van der Waals surface area contributed by atoms with Crippen molar-refractivity contribution in [1.29, 1.82) is 0 Å². The van der Waals surface area contributed by atoms with Gasteiger partial charge in [0.05, 0.1) is 6.54 Å². The summed E-state index contributed by atoms with van der Waals surface area (Å²) in [4.78, 5) is 16.3. The number of anilines is 1. The number of carbonyl (C=O) groups is 1. The molecule has 2 aromatic carbocycles. The summed E-state index contributed by atoms with van der Waals surface area (Å²) in [5, 5.41) is 7.02. The fourth-order valence-corrected chi connectivity index (χ4v) is 3.00. The van der Waals surface area contributed by atoms with Gasteiger partial charge in [-0.05, 0) is 41.8 Å². The molecule has 2 heterocycles. The van der Waals surface area contributed by atoms with Gasteiger partial charge >= 0.3 is 0 Å². The fourth-order valence-electron chi connectivity index (χ4n) is 3.00. The second-order valence-corrected chi connectivity index (χ2v) is 6.28. The van der Waals surface area contributed by atoms with E-state index in [-0.39, 0.29) is 5.91 Å². The number of nitrogens with one attached hydrogen (secondary N) is 3. The maximum Gasteiger partial charge on any atom is 0.255 e. The summed E-state index contributed by atoms with van der Waals surface area (Å²) in [6, 6.07) is 15.8. The van der Waals surface area contributed by atoms with Crippen LogP contribution in [0.5, 0.6) is 0 Å². The van der Waals surface area contributed by atoms with Gasteiger partial charge in [-0.1, -0.05) is 24.3 Å². The molecule has 1 saturated heterocycles. The SMILES string of the molecule is O=C(Nc1ccc(C2CCNN2)cc1)c1ccc(Cn2cncn2)cc1. The molecule has 7 nitrogen and oxygen atoms in total. The van der Waals surface area contributed by atoms with Crippen LogP contribution in [0.25, 0.3) is 0 Å². The Morgan fingerprint density at radius 1 is 1.15 bits per heavy atom. The third-order valence-corrected chi connectivity index (χ3v) is 4.43. The summed E-state index contributed by atoms with van der Waals surface area (Å²) >= 11 is 0. The van der Waals surface area contributed by atoms with E-state index in [2.05, 4.69) is 26.3 Å². The maximum absolute atomic E-state index is 12.4. The summed E-state index contributed by atoms with van der Waals surface area (Å²) in [5.74, 6) is -0.120. The van der Waals surface area contributed by atoms with Crippen LogP contribution in [-0.2, 0) is 6.54 Å². The molecular weight excluding hydrogens is 328 g/mol. The molecule has 26 heavy (non-hydrogen) atoms. The molecule has 1 aliphatic heterocycles.